The summed E-state index contributed by atoms with van der Waals surface area (Å²) in [6, 6.07) is 8.91. The summed E-state index contributed by atoms with van der Waals surface area (Å²) in [5.74, 6) is 0.145. The van der Waals surface area contributed by atoms with E-state index in [4.69, 9.17) is 10.5 Å². The second-order valence-corrected chi connectivity index (χ2v) is 9.52. The SMILES string of the molecule is COC(=O)C12C[C@@H]3C[C@@H](CC(NC(=O)[C@@H](Cc4ccccc4)NC(=O)CN)(C3)C1)C2. The van der Waals surface area contributed by atoms with Crippen molar-refractivity contribution in [1.29, 1.82) is 0 Å². The van der Waals surface area contributed by atoms with Gasteiger partial charge in [0.05, 0.1) is 19.1 Å². The third kappa shape index (κ3) is 3.95. The Morgan fingerprint density at radius 1 is 1.13 bits per heavy atom. The molecule has 5 rings (SSSR count). The molecule has 4 fully saturated rings. The maximum Gasteiger partial charge on any atom is 0.311 e. The molecule has 4 saturated carbocycles. The van der Waals surface area contributed by atoms with Gasteiger partial charge in [0.2, 0.25) is 11.8 Å². The zero-order valence-electron chi connectivity index (χ0n) is 17.5. The zero-order valence-corrected chi connectivity index (χ0v) is 17.5. The number of nitrogens with one attached hydrogen (secondary N) is 2. The Hall–Kier alpha value is -2.41. The van der Waals surface area contributed by atoms with Gasteiger partial charge in [0.15, 0.2) is 0 Å². The lowest BCUT2D eigenvalue weighted by atomic mass is 9.47. The van der Waals surface area contributed by atoms with E-state index in [0.29, 0.717) is 24.7 Å². The molecule has 0 saturated heterocycles. The van der Waals surface area contributed by atoms with E-state index in [9.17, 15) is 14.4 Å². The number of rotatable bonds is 7. The van der Waals surface area contributed by atoms with Gasteiger partial charge in [-0.05, 0) is 55.9 Å². The van der Waals surface area contributed by atoms with Gasteiger partial charge in [0.1, 0.15) is 6.04 Å². The highest BCUT2D eigenvalue weighted by atomic mass is 16.5. The van der Waals surface area contributed by atoms with Crippen molar-refractivity contribution in [2.24, 2.45) is 23.0 Å². The number of benzene rings is 1. The molecule has 0 radical (unpaired) electrons. The minimum atomic E-state index is -0.703. The molecule has 0 heterocycles. The first-order valence-electron chi connectivity index (χ1n) is 10.8. The predicted octanol–water partition coefficient (Wildman–Crippen LogP) is 1.30. The Morgan fingerprint density at radius 3 is 2.40 bits per heavy atom. The average Bonchev–Trinajstić information content (AvgIpc) is 2.71. The van der Waals surface area contributed by atoms with E-state index in [-0.39, 0.29) is 24.3 Å². The van der Waals surface area contributed by atoms with Crippen molar-refractivity contribution >= 4 is 17.8 Å². The molecule has 0 aromatic heterocycles. The summed E-state index contributed by atoms with van der Waals surface area (Å²) in [4.78, 5) is 38.0. The van der Waals surface area contributed by atoms with Crippen molar-refractivity contribution in [3.8, 4) is 0 Å². The number of amides is 2. The number of carbonyl (C=O) groups excluding carboxylic acids is 3. The molecule has 4 N–H and O–H groups in total. The Balaban J connectivity index is 1.54. The van der Waals surface area contributed by atoms with Crippen LogP contribution in [0.25, 0.3) is 0 Å². The van der Waals surface area contributed by atoms with Crippen molar-refractivity contribution < 1.29 is 19.1 Å². The number of esters is 1. The van der Waals surface area contributed by atoms with Gasteiger partial charge < -0.3 is 21.1 Å². The van der Waals surface area contributed by atoms with Crippen LogP contribution in [-0.2, 0) is 25.5 Å². The smallest absolute Gasteiger partial charge is 0.311 e. The molecule has 1 aromatic rings. The summed E-state index contributed by atoms with van der Waals surface area (Å²) >= 11 is 0. The quantitative estimate of drug-likeness (QED) is 0.584. The number of carbonyl (C=O) groups is 3. The standard InChI is InChI=1S/C23H31N3O4/c1-30-21(29)22-9-16-7-17(10-22)12-23(11-16,14-22)26-20(28)18(25-19(27)13-24)8-15-5-3-2-4-6-15/h2-6,16-18H,7-14,24H2,1H3,(H,25,27)(H,26,28)/t16-,17+,18-,22?,23?/m1/s1. The zero-order chi connectivity index (χ0) is 21.4. The fraction of sp³-hybridized carbons (Fsp3) is 0.609. The minimum Gasteiger partial charge on any atom is -0.469 e. The Labute approximate surface area is 177 Å². The number of ether oxygens (including phenoxy) is 1. The monoisotopic (exact) mass is 413 g/mol. The molecule has 5 atom stereocenters. The van der Waals surface area contributed by atoms with Crippen LogP contribution in [-0.4, -0.2) is 43.0 Å². The molecule has 30 heavy (non-hydrogen) atoms. The molecule has 7 nitrogen and oxygen atoms in total. The summed E-state index contributed by atoms with van der Waals surface area (Å²) in [6.45, 7) is -0.167. The number of methoxy groups -OCH3 is 1. The van der Waals surface area contributed by atoms with Crippen LogP contribution in [0.15, 0.2) is 30.3 Å². The van der Waals surface area contributed by atoms with Crippen LogP contribution < -0.4 is 16.4 Å². The topological polar surface area (TPSA) is 111 Å². The van der Waals surface area contributed by atoms with Gasteiger partial charge in [-0.1, -0.05) is 30.3 Å². The fourth-order valence-corrected chi connectivity index (χ4v) is 6.52. The van der Waals surface area contributed by atoms with Crippen LogP contribution in [0.1, 0.15) is 44.1 Å². The normalized spacial score (nSPS) is 32.3. The van der Waals surface area contributed by atoms with Gasteiger partial charge in [-0.3, -0.25) is 14.4 Å². The van der Waals surface area contributed by atoms with Gasteiger partial charge >= 0.3 is 5.97 Å². The molecule has 0 aliphatic heterocycles. The summed E-state index contributed by atoms with van der Waals surface area (Å²) in [6.07, 6.45) is 5.61. The van der Waals surface area contributed by atoms with Crippen LogP contribution in [0, 0.1) is 17.3 Å². The predicted molar refractivity (Wildman–Crippen MR) is 111 cm³/mol. The third-order valence-electron chi connectivity index (χ3n) is 7.19. The van der Waals surface area contributed by atoms with E-state index in [0.717, 1.165) is 37.7 Å². The van der Waals surface area contributed by atoms with Gasteiger partial charge in [0.25, 0.3) is 0 Å². The lowest BCUT2D eigenvalue weighted by Crippen LogP contribution is -2.66. The molecule has 162 valence electrons. The summed E-state index contributed by atoms with van der Waals surface area (Å²) in [5, 5.41) is 6.05. The summed E-state index contributed by atoms with van der Waals surface area (Å²) in [7, 11) is 1.45. The van der Waals surface area contributed by atoms with Crippen LogP contribution in [0.3, 0.4) is 0 Å². The molecule has 1 aromatic carbocycles. The van der Waals surface area contributed by atoms with Gasteiger partial charge in [-0.2, -0.15) is 0 Å². The minimum absolute atomic E-state index is 0.146. The fourth-order valence-electron chi connectivity index (χ4n) is 6.52. The summed E-state index contributed by atoms with van der Waals surface area (Å²) in [5.41, 5.74) is 5.55. The first-order valence-corrected chi connectivity index (χ1v) is 10.8. The van der Waals surface area contributed by atoms with E-state index in [2.05, 4.69) is 10.6 Å². The Morgan fingerprint density at radius 2 is 1.80 bits per heavy atom. The lowest BCUT2D eigenvalue weighted by Gasteiger charge is -2.60. The van der Waals surface area contributed by atoms with Crippen molar-refractivity contribution in [1.82, 2.24) is 10.6 Å². The highest BCUT2D eigenvalue weighted by molar-refractivity contribution is 5.89. The van der Waals surface area contributed by atoms with Crippen molar-refractivity contribution in [2.75, 3.05) is 13.7 Å². The number of hydrogen-bond acceptors (Lipinski definition) is 5. The molecule has 0 spiro atoms. The highest BCUT2D eigenvalue weighted by Gasteiger charge is 2.61. The van der Waals surface area contributed by atoms with Crippen molar-refractivity contribution in [2.45, 2.75) is 56.5 Å². The van der Waals surface area contributed by atoms with Crippen LogP contribution in [0.5, 0.6) is 0 Å². The molecule has 4 aliphatic carbocycles. The Bertz CT molecular complexity index is 811. The van der Waals surface area contributed by atoms with Crippen molar-refractivity contribution in [3.05, 3.63) is 35.9 Å². The van der Waals surface area contributed by atoms with E-state index in [1.807, 2.05) is 30.3 Å². The van der Waals surface area contributed by atoms with Crippen molar-refractivity contribution in [3.63, 3.8) is 0 Å². The largest absolute Gasteiger partial charge is 0.469 e. The van der Waals surface area contributed by atoms with E-state index in [1.54, 1.807) is 0 Å². The maximum absolute atomic E-state index is 13.3. The second-order valence-electron chi connectivity index (χ2n) is 9.52. The van der Waals surface area contributed by atoms with Crippen LogP contribution in [0.2, 0.25) is 0 Å². The number of nitrogens with two attached hydrogens (primary N) is 1. The molecule has 4 bridgehead atoms. The highest BCUT2D eigenvalue weighted by Crippen LogP contribution is 2.62. The number of hydrogen-bond donors (Lipinski definition) is 3. The third-order valence-corrected chi connectivity index (χ3v) is 7.19. The molecular formula is C23H31N3O4. The molecule has 2 amide bonds. The lowest BCUT2D eigenvalue weighted by molar-refractivity contribution is -0.173. The van der Waals surface area contributed by atoms with E-state index >= 15 is 0 Å². The van der Waals surface area contributed by atoms with Gasteiger partial charge in [-0.25, -0.2) is 0 Å². The van der Waals surface area contributed by atoms with E-state index in [1.165, 1.54) is 7.11 Å². The molecule has 4 aliphatic rings. The summed E-state index contributed by atoms with van der Waals surface area (Å²) < 4.78 is 5.16. The van der Waals surface area contributed by atoms with E-state index < -0.39 is 17.0 Å². The first-order chi connectivity index (χ1) is 14.4. The molecular weight excluding hydrogens is 382 g/mol. The van der Waals surface area contributed by atoms with Crippen LogP contribution in [0.4, 0.5) is 0 Å². The molecule has 2 unspecified atom stereocenters. The average molecular weight is 414 g/mol. The second kappa shape index (κ2) is 8.02. The van der Waals surface area contributed by atoms with Gasteiger partial charge in [-0.15, -0.1) is 0 Å². The van der Waals surface area contributed by atoms with Gasteiger partial charge in [0, 0.05) is 12.0 Å². The molecule has 7 heteroatoms. The van der Waals surface area contributed by atoms with Crippen LogP contribution >= 0.6 is 0 Å². The first kappa shape index (κ1) is 20.8. The maximum atomic E-state index is 13.3. The Kier molecular flexibility index (Phi) is 5.57.